The van der Waals surface area contributed by atoms with E-state index >= 15 is 0 Å². The highest BCUT2D eigenvalue weighted by molar-refractivity contribution is 9.11. The highest BCUT2D eigenvalue weighted by atomic mass is 79.9. The second-order valence-electron chi connectivity index (χ2n) is 2.05. The number of hydrogen-bond donors (Lipinski definition) is 1. The van der Waals surface area contributed by atoms with Crippen LogP contribution in [0.25, 0.3) is 6.08 Å². The first kappa shape index (κ1) is 8.20. The summed E-state index contributed by atoms with van der Waals surface area (Å²) >= 11 is 3.10. The normalized spacial score (nSPS) is 10.7. The van der Waals surface area contributed by atoms with Crippen molar-refractivity contribution in [2.24, 2.45) is 0 Å². The Labute approximate surface area is 72.3 Å². The van der Waals surface area contributed by atoms with Crippen molar-refractivity contribution in [3.8, 4) is 0 Å². The molecule has 0 saturated heterocycles. The lowest BCUT2D eigenvalue weighted by Crippen LogP contribution is -2.08. The highest BCUT2D eigenvalue weighted by Crippen LogP contribution is 1.96. The van der Waals surface area contributed by atoms with Crippen molar-refractivity contribution in [2.75, 3.05) is 0 Å². The van der Waals surface area contributed by atoms with Gasteiger partial charge in [0.15, 0.2) is 0 Å². The van der Waals surface area contributed by atoms with E-state index in [0.29, 0.717) is 11.5 Å². The van der Waals surface area contributed by atoms with E-state index in [1.165, 1.54) is 6.07 Å². The van der Waals surface area contributed by atoms with Gasteiger partial charge in [-0.3, -0.25) is 4.79 Å². The molecule has 58 valence electrons. The van der Waals surface area contributed by atoms with Crippen molar-refractivity contribution >= 4 is 22.0 Å². The number of halogens is 1. The summed E-state index contributed by atoms with van der Waals surface area (Å²) in [5.74, 6) is 0.623. The topological polar surface area (TPSA) is 45.8 Å². The maximum Gasteiger partial charge on any atom is 0.251 e. The Morgan fingerprint density at radius 1 is 1.73 bits per heavy atom. The van der Waals surface area contributed by atoms with Crippen LogP contribution >= 0.6 is 15.9 Å². The average molecular weight is 215 g/mol. The second-order valence-corrected chi connectivity index (χ2v) is 2.58. The molecule has 0 fully saturated rings. The van der Waals surface area contributed by atoms with Crippen LogP contribution in [0.1, 0.15) is 11.5 Å². The standard InChI is InChI=1S/C7H7BrN2O/c1-5-9-6(2-3-8)4-7(11)10-5/h2-4H,1H3,(H,9,10,11). The van der Waals surface area contributed by atoms with Crippen LogP contribution in [0.4, 0.5) is 0 Å². The van der Waals surface area contributed by atoms with E-state index in [9.17, 15) is 4.79 Å². The third kappa shape index (κ3) is 2.31. The highest BCUT2D eigenvalue weighted by Gasteiger charge is 1.91. The van der Waals surface area contributed by atoms with E-state index in [1.54, 1.807) is 18.0 Å². The average Bonchev–Trinajstić information content (AvgIpc) is 1.85. The van der Waals surface area contributed by atoms with E-state index in [-0.39, 0.29) is 5.56 Å². The molecule has 1 N–H and O–H groups in total. The largest absolute Gasteiger partial charge is 0.311 e. The lowest BCUT2D eigenvalue weighted by molar-refractivity contribution is 1.01. The summed E-state index contributed by atoms with van der Waals surface area (Å²) in [4.78, 5) is 19.1. The quantitative estimate of drug-likeness (QED) is 0.770. The molecule has 0 atom stereocenters. The van der Waals surface area contributed by atoms with Crippen LogP contribution in [-0.2, 0) is 0 Å². The predicted octanol–water partition coefficient (Wildman–Crippen LogP) is 1.44. The van der Waals surface area contributed by atoms with Gasteiger partial charge >= 0.3 is 0 Å². The fourth-order valence-corrected chi connectivity index (χ4v) is 1.02. The van der Waals surface area contributed by atoms with Gasteiger partial charge in [0, 0.05) is 6.07 Å². The fourth-order valence-electron chi connectivity index (χ4n) is 0.752. The molecule has 3 nitrogen and oxygen atoms in total. The molecular formula is C7H7BrN2O. The van der Waals surface area contributed by atoms with Gasteiger partial charge in [-0.05, 0) is 18.0 Å². The lowest BCUT2D eigenvalue weighted by atomic mass is 10.4. The van der Waals surface area contributed by atoms with Crippen LogP contribution < -0.4 is 5.56 Å². The van der Waals surface area contributed by atoms with Gasteiger partial charge < -0.3 is 4.98 Å². The first-order valence-electron chi connectivity index (χ1n) is 3.07. The van der Waals surface area contributed by atoms with Crippen molar-refractivity contribution in [1.29, 1.82) is 0 Å². The molecule has 0 saturated carbocycles. The SMILES string of the molecule is Cc1nc(C=CBr)cc(=O)[nH]1. The molecule has 1 aromatic heterocycles. The van der Waals surface area contributed by atoms with E-state index < -0.39 is 0 Å². The second kappa shape index (κ2) is 3.48. The van der Waals surface area contributed by atoms with Crippen LogP contribution in [0.2, 0.25) is 0 Å². The summed E-state index contributed by atoms with van der Waals surface area (Å²) in [5, 5.41) is 0. The Morgan fingerprint density at radius 2 is 2.45 bits per heavy atom. The first-order chi connectivity index (χ1) is 5.22. The van der Waals surface area contributed by atoms with E-state index in [1.807, 2.05) is 0 Å². The third-order valence-electron chi connectivity index (χ3n) is 1.11. The number of rotatable bonds is 1. The van der Waals surface area contributed by atoms with E-state index in [4.69, 9.17) is 0 Å². The lowest BCUT2D eigenvalue weighted by Gasteiger charge is -1.92. The molecule has 0 bridgehead atoms. The molecular weight excluding hydrogens is 208 g/mol. The molecule has 1 heterocycles. The van der Waals surface area contributed by atoms with Crippen molar-refractivity contribution < 1.29 is 0 Å². The third-order valence-corrected chi connectivity index (χ3v) is 1.38. The van der Waals surface area contributed by atoms with Gasteiger partial charge in [-0.15, -0.1) is 0 Å². The summed E-state index contributed by atoms with van der Waals surface area (Å²) in [6.07, 6.45) is 1.71. The molecule has 0 amide bonds. The molecule has 1 rings (SSSR count). The molecule has 4 heteroatoms. The zero-order valence-corrected chi connectivity index (χ0v) is 7.55. The maximum atomic E-state index is 10.8. The Kier molecular flexibility index (Phi) is 2.59. The number of aryl methyl sites for hydroxylation is 1. The van der Waals surface area contributed by atoms with E-state index in [0.717, 1.165) is 0 Å². The molecule has 0 aliphatic rings. The summed E-state index contributed by atoms with van der Waals surface area (Å²) in [6.45, 7) is 1.74. The van der Waals surface area contributed by atoms with Crippen molar-refractivity contribution in [1.82, 2.24) is 9.97 Å². The maximum absolute atomic E-state index is 10.8. The molecule has 0 spiro atoms. The van der Waals surface area contributed by atoms with Gasteiger partial charge in [-0.1, -0.05) is 15.9 Å². The summed E-state index contributed by atoms with van der Waals surface area (Å²) in [6, 6.07) is 1.44. The molecule has 0 radical (unpaired) electrons. The van der Waals surface area contributed by atoms with Gasteiger partial charge in [0.05, 0.1) is 5.69 Å². The molecule has 0 aromatic carbocycles. The molecule has 0 aliphatic carbocycles. The van der Waals surface area contributed by atoms with Crippen LogP contribution in [0.15, 0.2) is 15.8 Å². The molecule has 0 unspecified atom stereocenters. The number of hydrogen-bond acceptors (Lipinski definition) is 2. The van der Waals surface area contributed by atoms with Gasteiger partial charge in [0.1, 0.15) is 5.82 Å². The Hall–Kier alpha value is -0.900. The predicted molar refractivity (Wildman–Crippen MR) is 47.6 cm³/mol. The van der Waals surface area contributed by atoms with Gasteiger partial charge in [-0.2, -0.15) is 0 Å². The Balaban J connectivity index is 3.19. The smallest absolute Gasteiger partial charge is 0.251 e. The Bertz CT molecular complexity index is 329. The number of aromatic nitrogens is 2. The van der Waals surface area contributed by atoms with Crippen molar-refractivity contribution in [3.05, 3.63) is 32.9 Å². The summed E-state index contributed by atoms with van der Waals surface area (Å²) in [7, 11) is 0. The zero-order chi connectivity index (χ0) is 8.27. The summed E-state index contributed by atoms with van der Waals surface area (Å²) < 4.78 is 0. The fraction of sp³-hybridized carbons (Fsp3) is 0.143. The molecule has 11 heavy (non-hydrogen) atoms. The number of H-pyrrole nitrogens is 1. The van der Waals surface area contributed by atoms with Crippen molar-refractivity contribution in [2.45, 2.75) is 6.92 Å². The molecule has 1 aromatic rings. The number of nitrogens with one attached hydrogen (secondary N) is 1. The van der Waals surface area contributed by atoms with Crippen LogP contribution in [0.3, 0.4) is 0 Å². The van der Waals surface area contributed by atoms with E-state index in [2.05, 4.69) is 25.9 Å². The minimum atomic E-state index is -0.127. The number of nitrogens with zero attached hydrogens (tertiary/aromatic N) is 1. The van der Waals surface area contributed by atoms with Crippen LogP contribution in [-0.4, -0.2) is 9.97 Å². The zero-order valence-electron chi connectivity index (χ0n) is 5.97. The Morgan fingerprint density at radius 3 is 3.00 bits per heavy atom. The van der Waals surface area contributed by atoms with Crippen molar-refractivity contribution in [3.63, 3.8) is 0 Å². The van der Waals surface area contributed by atoms with Crippen LogP contribution in [0.5, 0.6) is 0 Å². The minimum absolute atomic E-state index is 0.127. The first-order valence-corrected chi connectivity index (χ1v) is 3.98. The minimum Gasteiger partial charge on any atom is -0.311 e. The van der Waals surface area contributed by atoms with Gasteiger partial charge in [-0.25, -0.2) is 4.98 Å². The monoisotopic (exact) mass is 214 g/mol. The number of aromatic amines is 1. The summed E-state index contributed by atoms with van der Waals surface area (Å²) in [5.41, 5.74) is 0.529. The molecule has 0 aliphatic heterocycles. The van der Waals surface area contributed by atoms with Gasteiger partial charge in [0.2, 0.25) is 0 Å². The van der Waals surface area contributed by atoms with Crippen LogP contribution in [0, 0.1) is 6.92 Å². The van der Waals surface area contributed by atoms with Gasteiger partial charge in [0.25, 0.3) is 5.56 Å².